The van der Waals surface area contributed by atoms with Crippen LogP contribution in [-0.2, 0) is 9.53 Å². The first-order chi connectivity index (χ1) is 6.27. The molecule has 0 aromatic heterocycles. The minimum absolute atomic E-state index is 0.0570. The van der Waals surface area contributed by atoms with Crippen LogP contribution in [0.5, 0.6) is 0 Å². The second-order valence-electron chi connectivity index (χ2n) is 3.93. The lowest BCUT2D eigenvalue weighted by Crippen LogP contribution is -2.38. The van der Waals surface area contributed by atoms with Gasteiger partial charge in [-0.3, -0.25) is 4.79 Å². The standard InChI is InChI=1S/C9H16N2O2/c10-7-4-8(7)11-9(12)6-2-1-3-13-5-6/h6-8H,1-5,10H2,(H,11,12). The van der Waals surface area contributed by atoms with Crippen LogP contribution in [0.2, 0.25) is 0 Å². The van der Waals surface area contributed by atoms with Gasteiger partial charge < -0.3 is 15.8 Å². The van der Waals surface area contributed by atoms with Gasteiger partial charge in [0.25, 0.3) is 0 Å². The van der Waals surface area contributed by atoms with E-state index in [-0.39, 0.29) is 23.9 Å². The molecule has 13 heavy (non-hydrogen) atoms. The quantitative estimate of drug-likeness (QED) is 0.615. The normalized spacial score (nSPS) is 38.4. The van der Waals surface area contributed by atoms with Crippen LogP contribution in [0.1, 0.15) is 19.3 Å². The molecular weight excluding hydrogens is 168 g/mol. The van der Waals surface area contributed by atoms with Gasteiger partial charge in [0, 0.05) is 18.7 Å². The molecule has 0 spiro atoms. The first-order valence-corrected chi connectivity index (χ1v) is 4.91. The summed E-state index contributed by atoms with van der Waals surface area (Å²) < 4.78 is 5.24. The van der Waals surface area contributed by atoms with Gasteiger partial charge in [0.15, 0.2) is 0 Å². The van der Waals surface area contributed by atoms with Crippen LogP contribution in [0.25, 0.3) is 0 Å². The summed E-state index contributed by atoms with van der Waals surface area (Å²) in [6.07, 6.45) is 2.88. The molecule has 0 aromatic carbocycles. The van der Waals surface area contributed by atoms with Gasteiger partial charge in [-0.15, -0.1) is 0 Å². The summed E-state index contributed by atoms with van der Waals surface area (Å²) in [6.45, 7) is 1.38. The summed E-state index contributed by atoms with van der Waals surface area (Å²) in [5.41, 5.74) is 5.60. The highest BCUT2D eigenvalue weighted by Crippen LogP contribution is 2.20. The van der Waals surface area contributed by atoms with Crippen molar-refractivity contribution in [1.82, 2.24) is 5.32 Å². The van der Waals surface area contributed by atoms with E-state index in [1.807, 2.05) is 0 Å². The molecule has 1 heterocycles. The summed E-state index contributed by atoms with van der Waals surface area (Å²) in [6, 6.07) is 0.419. The number of carbonyl (C=O) groups is 1. The van der Waals surface area contributed by atoms with Gasteiger partial charge in [0.1, 0.15) is 0 Å². The maximum atomic E-state index is 11.5. The van der Waals surface area contributed by atoms with Gasteiger partial charge in [-0.05, 0) is 19.3 Å². The van der Waals surface area contributed by atoms with Crippen molar-refractivity contribution in [3.05, 3.63) is 0 Å². The third-order valence-corrected chi connectivity index (χ3v) is 2.70. The molecule has 1 saturated carbocycles. The molecule has 2 fully saturated rings. The van der Waals surface area contributed by atoms with Crippen molar-refractivity contribution >= 4 is 5.91 Å². The van der Waals surface area contributed by atoms with Gasteiger partial charge in [0.05, 0.1) is 12.5 Å². The van der Waals surface area contributed by atoms with Crippen molar-refractivity contribution in [2.24, 2.45) is 11.7 Å². The van der Waals surface area contributed by atoms with Gasteiger partial charge in [-0.1, -0.05) is 0 Å². The summed E-state index contributed by atoms with van der Waals surface area (Å²) in [7, 11) is 0. The highest BCUT2D eigenvalue weighted by molar-refractivity contribution is 5.79. The second kappa shape index (κ2) is 3.64. The van der Waals surface area contributed by atoms with E-state index in [0.717, 1.165) is 25.9 Å². The average Bonchev–Trinajstić information content (AvgIpc) is 2.83. The number of carbonyl (C=O) groups excluding carboxylic acids is 1. The molecule has 2 aliphatic rings. The molecule has 1 aliphatic carbocycles. The molecule has 4 heteroatoms. The molecule has 3 atom stereocenters. The largest absolute Gasteiger partial charge is 0.381 e. The Morgan fingerprint density at radius 3 is 2.85 bits per heavy atom. The zero-order valence-electron chi connectivity index (χ0n) is 7.66. The Bertz CT molecular complexity index is 202. The Hall–Kier alpha value is -0.610. The maximum absolute atomic E-state index is 11.5. The van der Waals surface area contributed by atoms with Crippen LogP contribution < -0.4 is 11.1 Å². The van der Waals surface area contributed by atoms with Crippen molar-refractivity contribution in [2.75, 3.05) is 13.2 Å². The van der Waals surface area contributed by atoms with Crippen LogP contribution in [0.15, 0.2) is 0 Å². The number of ether oxygens (including phenoxy) is 1. The highest BCUT2D eigenvalue weighted by Gasteiger charge is 2.36. The van der Waals surface area contributed by atoms with Crippen molar-refractivity contribution in [3.63, 3.8) is 0 Å². The Kier molecular flexibility index (Phi) is 2.51. The Balaban J connectivity index is 1.75. The third kappa shape index (κ3) is 2.19. The smallest absolute Gasteiger partial charge is 0.225 e. The van der Waals surface area contributed by atoms with Crippen LogP contribution in [0.3, 0.4) is 0 Å². The zero-order chi connectivity index (χ0) is 9.26. The molecule has 1 saturated heterocycles. The van der Waals surface area contributed by atoms with Gasteiger partial charge >= 0.3 is 0 Å². The molecule has 2 rings (SSSR count). The van der Waals surface area contributed by atoms with E-state index in [1.165, 1.54) is 0 Å². The van der Waals surface area contributed by atoms with E-state index < -0.39 is 0 Å². The molecule has 1 amide bonds. The lowest BCUT2D eigenvalue weighted by molar-refractivity contribution is -0.129. The number of hydrogen-bond donors (Lipinski definition) is 2. The fourth-order valence-corrected chi connectivity index (χ4v) is 1.63. The summed E-state index contributed by atoms with van der Waals surface area (Å²) in [5.74, 6) is 0.180. The highest BCUT2D eigenvalue weighted by atomic mass is 16.5. The zero-order valence-corrected chi connectivity index (χ0v) is 7.66. The fraction of sp³-hybridized carbons (Fsp3) is 0.889. The Morgan fingerprint density at radius 2 is 2.31 bits per heavy atom. The van der Waals surface area contributed by atoms with Gasteiger partial charge in [0.2, 0.25) is 5.91 Å². The SMILES string of the molecule is NC1CC1NC(=O)C1CCCOC1. The summed E-state index contributed by atoms with van der Waals surface area (Å²) in [4.78, 5) is 11.5. The first kappa shape index (κ1) is 8.97. The van der Waals surface area contributed by atoms with Crippen molar-refractivity contribution < 1.29 is 9.53 Å². The summed E-state index contributed by atoms with van der Waals surface area (Å²) >= 11 is 0. The number of rotatable bonds is 2. The topological polar surface area (TPSA) is 64.3 Å². The average molecular weight is 184 g/mol. The van der Waals surface area contributed by atoms with E-state index in [0.29, 0.717) is 6.61 Å². The lowest BCUT2D eigenvalue weighted by Gasteiger charge is -2.21. The maximum Gasteiger partial charge on any atom is 0.225 e. The molecule has 3 N–H and O–H groups in total. The van der Waals surface area contributed by atoms with Crippen molar-refractivity contribution in [2.45, 2.75) is 31.3 Å². The molecule has 0 bridgehead atoms. The minimum atomic E-state index is 0.0570. The molecule has 4 nitrogen and oxygen atoms in total. The van der Waals surface area contributed by atoms with Gasteiger partial charge in [-0.25, -0.2) is 0 Å². The predicted octanol–water partition coefficient (Wildman–Crippen LogP) is -0.371. The van der Waals surface area contributed by atoms with Crippen molar-refractivity contribution in [3.8, 4) is 0 Å². The molecule has 3 unspecified atom stereocenters. The molecule has 74 valence electrons. The number of nitrogens with one attached hydrogen (secondary N) is 1. The Labute approximate surface area is 77.8 Å². The molecule has 0 radical (unpaired) electrons. The minimum Gasteiger partial charge on any atom is -0.381 e. The van der Waals surface area contributed by atoms with Crippen LogP contribution in [-0.4, -0.2) is 31.2 Å². The number of hydrogen-bond acceptors (Lipinski definition) is 3. The monoisotopic (exact) mass is 184 g/mol. The van der Waals surface area contributed by atoms with E-state index in [1.54, 1.807) is 0 Å². The van der Waals surface area contributed by atoms with Crippen molar-refractivity contribution in [1.29, 1.82) is 0 Å². The van der Waals surface area contributed by atoms with E-state index in [4.69, 9.17) is 10.5 Å². The molecule has 1 aliphatic heterocycles. The molecule has 0 aromatic rings. The number of nitrogens with two attached hydrogens (primary N) is 1. The fourth-order valence-electron chi connectivity index (χ4n) is 1.63. The van der Waals surface area contributed by atoms with Crippen LogP contribution in [0, 0.1) is 5.92 Å². The van der Waals surface area contributed by atoms with E-state index in [2.05, 4.69) is 5.32 Å². The Morgan fingerprint density at radius 1 is 1.54 bits per heavy atom. The second-order valence-corrected chi connectivity index (χ2v) is 3.93. The number of amides is 1. The van der Waals surface area contributed by atoms with Crippen LogP contribution in [0.4, 0.5) is 0 Å². The third-order valence-electron chi connectivity index (χ3n) is 2.70. The lowest BCUT2D eigenvalue weighted by atomic mass is 10.0. The first-order valence-electron chi connectivity index (χ1n) is 4.91. The van der Waals surface area contributed by atoms with Crippen LogP contribution >= 0.6 is 0 Å². The molecular formula is C9H16N2O2. The predicted molar refractivity (Wildman–Crippen MR) is 48.1 cm³/mol. The van der Waals surface area contributed by atoms with Gasteiger partial charge in [-0.2, -0.15) is 0 Å². The summed E-state index contributed by atoms with van der Waals surface area (Å²) in [5, 5.41) is 2.93. The van der Waals surface area contributed by atoms with E-state index >= 15 is 0 Å². The van der Waals surface area contributed by atoms with E-state index in [9.17, 15) is 4.79 Å².